The van der Waals surface area contributed by atoms with Crippen molar-refractivity contribution in [2.75, 3.05) is 6.61 Å². The first-order chi connectivity index (χ1) is 29.5. The molecule has 350 valence electrons. The van der Waals surface area contributed by atoms with Crippen molar-refractivity contribution >= 4 is 11.9 Å². The second-order valence-electron chi connectivity index (χ2n) is 17.5. The first-order valence-corrected chi connectivity index (χ1v) is 25.9. The molecule has 0 aliphatic rings. The van der Waals surface area contributed by atoms with E-state index in [0.717, 1.165) is 83.5 Å². The summed E-state index contributed by atoms with van der Waals surface area (Å²) >= 11 is 0. The van der Waals surface area contributed by atoms with Crippen molar-refractivity contribution in [1.29, 1.82) is 0 Å². The fraction of sp³-hybridized carbons (Fsp3) is 0.815. The lowest BCUT2D eigenvalue weighted by Gasteiger charge is -2.24. The average Bonchev–Trinajstić information content (AvgIpc) is 3.24. The number of carbonyl (C=O) groups excluding carboxylic acids is 2. The molecule has 0 saturated carbocycles. The van der Waals surface area contributed by atoms with Crippen LogP contribution in [0.3, 0.4) is 0 Å². The number of unbranched alkanes of at least 4 members (excludes halogenated alkanes) is 26. The molecule has 0 aromatic carbocycles. The molecular weight excluding hydrogens is 743 g/mol. The third-order valence-electron chi connectivity index (χ3n) is 11.6. The van der Waals surface area contributed by atoms with E-state index in [1.165, 1.54) is 128 Å². The van der Waals surface area contributed by atoms with Gasteiger partial charge in [-0.2, -0.15) is 0 Å². The molecule has 0 rings (SSSR count). The molecule has 0 saturated heterocycles. The highest BCUT2D eigenvalue weighted by Gasteiger charge is 2.24. The van der Waals surface area contributed by atoms with Crippen LogP contribution in [0.25, 0.3) is 0 Å². The highest BCUT2D eigenvalue weighted by molar-refractivity contribution is 5.77. The monoisotopic (exact) mass is 842 g/mol. The molecule has 1 amide bonds. The number of rotatable bonds is 46. The summed E-state index contributed by atoms with van der Waals surface area (Å²) in [6.07, 6.45) is 57.4. The summed E-state index contributed by atoms with van der Waals surface area (Å²) in [5.74, 6) is -0.514. The van der Waals surface area contributed by atoms with E-state index in [4.69, 9.17) is 4.74 Å². The van der Waals surface area contributed by atoms with Gasteiger partial charge in [0.25, 0.3) is 0 Å². The lowest BCUT2D eigenvalue weighted by molar-refractivity contribution is -0.151. The Labute approximate surface area is 372 Å². The largest absolute Gasteiger partial charge is 0.462 e. The van der Waals surface area contributed by atoms with Crippen molar-refractivity contribution in [2.45, 2.75) is 277 Å². The maximum atomic E-state index is 13.2. The van der Waals surface area contributed by atoms with Gasteiger partial charge < -0.3 is 20.3 Å². The number of amides is 1. The summed E-state index contributed by atoms with van der Waals surface area (Å²) < 4.78 is 5.91. The molecule has 60 heavy (non-hydrogen) atoms. The Bertz CT molecular complexity index is 1040. The van der Waals surface area contributed by atoms with Gasteiger partial charge in [-0.1, -0.05) is 217 Å². The van der Waals surface area contributed by atoms with Gasteiger partial charge in [0.2, 0.25) is 5.91 Å². The van der Waals surface area contributed by atoms with Crippen molar-refractivity contribution < 1.29 is 24.5 Å². The fourth-order valence-corrected chi connectivity index (χ4v) is 7.74. The number of nitrogens with one attached hydrogen (secondary N) is 1. The van der Waals surface area contributed by atoms with Gasteiger partial charge in [-0.3, -0.25) is 9.59 Å². The molecule has 0 bridgehead atoms. The van der Waals surface area contributed by atoms with Crippen LogP contribution in [0.4, 0.5) is 0 Å². The van der Waals surface area contributed by atoms with Crippen LogP contribution in [-0.2, 0) is 14.3 Å². The minimum Gasteiger partial charge on any atom is -0.462 e. The maximum Gasteiger partial charge on any atom is 0.306 e. The van der Waals surface area contributed by atoms with E-state index >= 15 is 0 Å². The number of esters is 1. The molecule has 3 atom stereocenters. The number of aliphatic hydroxyl groups excluding tert-OH is 2. The molecule has 0 aliphatic carbocycles. The van der Waals surface area contributed by atoms with Gasteiger partial charge in [0.1, 0.15) is 6.10 Å². The second-order valence-corrected chi connectivity index (χ2v) is 17.5. The molecule has 6 heteroatoms. The Balaban J connectivity index is 4.55. The SMILES string of the molecule is CC/C=C/C/C=C/C/C=C/CCCCCCCCC(=O)OC(CCC/C=C\CCCCCCCC)CC(=O)NC(CO)C(O)CCCCCCCCCCCCCCCC. The molecule has 0 fully saturated rings. The topological polar surface area (TPSA) is 95.9 Å². The van der Waals surface area contributed by atoms with E-state index in [1.54, 1.807) is 0 Å². The van der Waals surface area contributed by atoms with Crippen molar-refractivity contribution in [3.05, 3.63) is 48.6 Å². The quantitative estimate of drug-likeness (QED) is 0.0322. The Morgan fingerprint density at radius 3 is 1.42 bits per heavy atom. The first kappa shape index (κ1) is 57.8. The van der Waals surface area contributed by atoms with E-state index in [1.807, 2.05) is 0 Å². The molecule has 6 nitrogen and oxygen atoms in total. The molecule has 3 N–H and O–H groups in total. The van der Waals surface area contributed by atoms with Gasteiger partial charge in [0.05, 0.1) is 25.2 Å². The fourth-order valence-electron chi connectivity index (χ4n) is 7.74. The average molecular weight is 842 g/mol. The standard InChI is InChI=1S/C54H99NO5/c1-4-7-10-13-16-19-22-24-26-27-29-32-35-38-41-44-47-54(59)60-50(45-42-39-36-33-30-21-18-15-12-9-6-3)48-53(58)55-51(49-56)52(57)46-43-40-37-34-31-28-25-23-20-17-14-11-8-5-2/h7,10,16,19,24,26,33,36,50-52,56-57H,4-6,8-9,11-15,17-18,20-23,25,27-32,34-35,37-49H2,1-3H3,(H,55,58)/b10-7+,19-16+,26-24+,36-33-. The summed E-state index contributed by atoms with van der Waals surface area (Å²) in [7, 11) is 0. The third kappa shape index (κ3) is 42.5. The van der Waals surface area contributed by atoms with Gasteiger partial charge in [0.15, 0.2) is 0 Å². The summed E-state index contributed by atoms with van der Waals surface area (Å²) in [5.41, 5.74) is 0. The number of hydrogen-bond donors (Lipinski definition) is 3. The van der Waals surface area contributed by atoms with Crippen molar-refractivity contribution in [3.8, 4) is 0 Å². The van der Waals surface area contributed by atoms with E-state index in [0.29, 0.717) is 19.3 Å². The first-order valence-electron chi connectivity index (χ1n) is 25.9. The zero-order valence-electron chi connectivity index (χ0n) is 39.8. The molecule has 0 radical (unpaired) electrons. The van der Waals surface area contributed by atoms with Gasteiger partial charge >= 0.3 is 5.97 Å². The summed E-state index contributed by atoms with van der Waals surface area (Å²) in [6.45, 7) is 6.36. The number of carbonyl (C=O) groups is 2. The third-order valence-corrected chi connectivity index (χ3v) is 11.6. The number of allylic oxidation sites excluding steroid dienone is 8. The molecule has 3 unspecified atom stereocenters. The molecule has 0 spiro atoms. The minimum atomic E-state index is -0.795. The van der Waals surface area contributed by atoms with Crippen LogP contribution in [0, 0.1) is 0 Å². The lowest BCUT2D eigenvalue weighted by atomic mass is 10.0. The Morgan fingerprint density at radius 2 is 0.917 bits per heavy atom. The van der Waals surface area contributed by atoms with Crippen molar-refractivity contribution in [1.82, 2.24) is 5.32 Å². The lowest BCUT2D eigenvalue weighted by Crippen LogP contribution is -2.46. The van der Waals surface area contributed by atoms with Gasteiger partial charge in [0, 0.05) is 6.42 Å². The highest BCUT2D eigenvalue weighted by Crippen LogP contribution is 2.17. The van der Waals surface area contributed by atoms with Crippen LogP contribution in [0.15, 0.2) is 48.6 Å². The Hall–Kier alpha value is -2.18. The van der Waals surface area contributed by atoms with Crippen LogP contribution >= 0.6 is 0 Å². The number of hydrogen-bond acceptors (Lipinski definition) is 5. The van der Waals surface area contributed by atoms with Gasteiger partial charge in [-0.05, 0) is 77.0 Å². The zero-order valence-corrected chi connectivity index (χ0v) is 39.8. The number of aliphatic hydroxyl groups is 2. The predicted octanol–water partition coefficient (Wildman–Crippen LogP) is 15.5. The highest BCUT2D eigenvalue weighted by atomic mass is 16.5. The van der Waals surface area contributed by atoms with Gasteiger partial charge in [-0.15, -0.1) is 0 Å². The molecule has 0 aromatic heterocycles. The van der Waals surface area contributed by atoms with E-state index < -0.39 is 18.2 Å². The van der Waals surface area contributed by atoms with Crippen LogP contribution in [0.5, 0.6) is 0 Å². The normalized spacial score (nSPS) is 13.6. The van der Waals surface area contributed by atoms with Crippen LogP contribution in [0.1, 0.15) is 258 Å². The smallest absolute Gasteiger partial charge is 0.306 e. The molecule has 0 aliphatic heterocycles. The van der Waals surface area contributed by atoms with Crippen LogP contribution < -0.4 is 5.32 Å². The summed E-state index contributed by atoms with van der Waals surface area (Å²) in [4.78, 5) is 26.1. The number of ether oxygens (including phenoxy) is 1. The second kappa shape index (κ2) is 47.9. The molecular formula is C54H99NO5. The van der Waals surface area contributed by atoms with Crippen molar-refractivity contribution in [3.63, 3.8) is 0 Å². The molecule has 0 aromatic rings. The van der Waals surface area contributed by atoms with E-state index in [-0.39, 0.29) is 24.9 Å². The predicted molar refractivity (Wildman–Crippen MR) is 259 cm³/mol. The van der Waals surface area contributed by atoms with Gasteiger partial charge in [-0.25, -0.2) is 0 Å². The van der Waals surface area contributed by atoms with E-state index in [9.17, 15) is 19.8 Å². The Kier molecular flexibility index (Phi) is 46.1. The molecule has 0 heterocycles. The zero-order chi connectivity index (χ0) is 43.8. The van der Waals surface area contributed by atoms with Crippen LogP contribution in [-0.4, -0.2) is 46.9 Å². The summed E-state index contributed by atoms with van der Waals surface area (Å²) in [5, 5.41) is 23.8. The Morgan fingerprint density at radius 1 is 0.500 bits per heavy atom. The van der Waals surface area contributed by atoms with Crippen LogP contribution in [0.2, 0.25) is 0 Å². The minimum absolute atomic E-state index is 0.0519. The maximum absolute atomic E-state index is 13.2. The van der Waals surface area contributed by atoms with Crippen molar-refractivity contribution in [2.24, 2.45) is 0 Å². The summed E-state index contributed by atoms with van der Waals surface area (Å²) in [6, 6.07) is -0.711. The van der Waals surface area contributed by atoms with E-state index in [2.05, 4.69) is 74.7 Å².